The fourth-order valence-electron chi connectivity index (χ4n) is 4.15. The van der Waals surface area contributed by atoms with Crippen molar-refractivity contribution in [1.82, 2.24) is 4.90 Å². The predicted octanol–water partition coefficient (Wildman–Crippen LogP) is 0.108. The smallest absolute Gasteiger partial charge is 0.550 e. The molecule has 2 aromatic carbocycles. The SMILES string of the molecule is CN1CCC(C(=O)[O-])C1.FCC[C@H]1Cc2cc(F)ccc2Cc2ccccc21.[Na+]. The van der Waals surface area contributed by atoms with Crippen LogP contribution < -0.4 is 34.7 Å². The fraction of sp³-hybridized carbons (Fsp3) is 0.435. The molecule has 29 heavy (non-hydrogen) atoms. The first kappa shape index (κ1) is 24.0. The zero-order chi connectivity index (χ0) is 20.1. The van der Waals surface area contributed by atoms with E-state index in [4.69, 9.17) is 0 Å². The van der Waals surface area contributed by atoms with Crippen LogP contribution in [0.15, 0.2) is 42.5 Å². The van der Waals surface area contributed by atoms with Gasteiger partial charge in [0.05, 0.1) is 6.67 Å². The molecule has 1 aliphatic heterocycles. The molecule has 1 heterocycles. The molecule has 2 aliphatic rings. The van der Waals surface area contributed by atoms with Gasteiger partial charge < -0.3 is 14.8 Å². The van der Waals surface area contributed by atoms with Gasteiger partial charge in [-0.05, 0) is 79.6 Å². The van der Waals surface area contributed by atoms with Crippen molar-refractivity contribution in [2.24, 2.45) is 5.92 Å². The van der Waals surface area contributed by atoms with Gasteiger partial charge in [0, 0.05) is 18.4 Å². The van der Waals surface area contributed by atoms with Gasteiger partial charge in [0.1, 0.15) is 5.82 Å². The van der Waals surface area contributed by atoms with Crippen LogP contribution in [0, 0.1) is 11.7 Å². The van der Waals surface area contributed by atoms with E-state index in [2.05, 4.69) is 12.1 Å². The summed E-state index contributed by atoms with van der Waals surface area (Å²) in [5.74, 6) is -1.18. The number of carboxylic acids is 1. The minimum atomic E-state index is -0.903. The molecule has 4 rings (SSSR count). The zero-order valence-corrected chi connectivity index (χ0v) is 19.2. The molecule has 0 radical (unpaired) electrons. The van der Waals surface area contributed by atoms with Crippen molar-refractivity contribution in [3.8, 4) is 0 Å². The van der Waals surface area contributed by atoms with E-state index in [9.17, 15) is 18.7 Å². The third-order valence-corrected chi connectivity index (χ3v) is 5.69. The van der Waals surface area contributed by atoms with E-state index in [0.29, 0.717) is 13.0 Å². The van der Waals surface area contributed by atoms with Gasteiger partial charge >= 0.3 is 29.6 Å². The predicted molar refractivity (Wildman–Crippen MR) is 103 cm³/mol. The Morgan fingerprint density at radius 2 is 1.93 bits per heavy atom. The maximum atomic E-state index is 13.4. The molecular weight excluding hydrogens is 383 g/mol. The van der Waals surface area contributed by atoms with Crippen LogP contribution in [-0.2, 0) is 17.6 Å². The second kappa shape index (κ2) is 11.2. The van der Waals surface area contributed by atoms with Crippen LogP contribution in [0.3, 0.4) is 0 Å². The van der Waals surface area contributed by atoms with Crippen LogP contribution in [0.2, 0.25) is 0 Å². The molecule has 2 atom stereocenters. The summed E-state index contributed by atoms with van der Waals surface area (Å²) in [6.07, 6.45) is 2.80. The number of carbonyl (C=O) groups excluding carboxylic acids is 1. The Kier molecular flexibility index (Phi) is 9.28. The molecule has 1 aliphatic carbocycles. The molecule has 1 unspecified atom stereocenters. The molecule has 150 valence electrons. The van der Waals surface area contributed by atoms with Gasteiger partial charge in [-0.3, -0.25) is 4.39 Å². The third-order valence-electron chi connectivity index (χ3n) is 5.69. The van der Waals surface area contributed by atoms with Gasteiger partial charge in [-0.25, -0.2) is 4.39 Å². The topological polar surface area (TPSA) is 43.4 Å². The van der Waals surface area contributed by atoms with Gasteiger partial charge in [0.25, 0.3) is 0 Å². The van der Waals surface area contributed by atoms with E-state index in [-0.39, 0.29) is 53.9 Å². The monoisotopic (exact) mass is 409 g/mol. The van der Waals surface area contributed by atoms with Crippen LogP contribution in [-0.4, -0.2) is 37.7 Å². The van der Waals surface area contributed by atoms with Gasteiger partial charge in [-0.1, -0.05) is 30.3 Å². The Hall–Kier alpha value is -1.27. The summed E-state index contributed by atoms with van der Waals surface area (Å²) in [5, 5.41) is 10.2. The number of carbonyl (C=O) groups is 1. The Labute approximate surface area is 193 Å². The number of alkyl halides is 1. The first-order valence-corrected chi connectivity index (χ1v) is 9.78. The number of hydrogen-bond donors (Lipinski definition) is 0. The van der Waals surface area contributed by atoms with Crippen LogP contribution in [0.1, 0.15) is 41.0 Å². The van der Waals surface area contributed by atoms with E-state index in [1.165, 1.54) is 17.2 Å². The van der Waals surface area contributed by atoms with Crippen molar-refractivity contribution in [2.75, 3.05) is 26.8 Å². The summed E-state index contributed by atoms with van der Waals surface area (Å²) >= 11 is 0. The summed E-state index contributed by atoms with van der Waals surface area (Å²) in [4.78, 5) is 12.2. The van der Waals surface area contributed by atoms with Gasteiger partial charge in [-0.2, -0.15) is 0 Å². The Bertz CT molecular complexity index is 830. The molecule has 1 fully saturated rings. The minimum Gasteiger partial charge on any atom is -0.550 e. The van der Waals surface area contributed by atoms with E-state index in [0.717, 1.165) is 36.9 Å². The summed E-state index contributed by atoms with van der Waals surface area (Å²) in [6.45, 7) is 1.21. The first-order chi connectivity index (χ1) is 13.5. The third kappa shape index (κ3) is 6.35. The van der Waals surface area contributed by atoms with Crippen LogP contribution in [0.4, 0.5) is 8.78 Å². The molecule has 0 aromatic heterocycles. The van der Waals surface area contributed by atoms with E-state index < -0.39 is 5.97 Å². The van der Waals surface area contributed by atoms with E-state index in [1.54, 1.807) is 6.07 Å². The number of rotatable bonds is 3. The molecule has 2 aromatic rings. The molecule has 0 amide bonds. The Morgan fingerprint density at radius 1 is 1.17 bits per heavy atom. The average molecular weight is 409 g/mol. The average Bonchev–Trinajstić information content (AvgIpc) is 3.05. The Balaban J connectivity index is 0.000000255. The van der Waals surface area contributed by atoms with Gasteiger partial charge in [0.15, 0.2) is 0 Å². The van der Waals surface area contributed by atoms with Crippen LogP contribution in [0.25, 0.3) is 0 Å². The van der Waals surface area contributed by atoms with Crippen molar-refractivity contribution in [1.29, 1.82) is 0 Å². The van der Waals surface area contributed by atoms with E-state index >= 15 is 0 Å². The van der Waals surface area contributed by atoms with Gasteiger partial charge in [0.2, 0.25) is 0 Å². The number of fused-ring (bicyclic) bond motifs is 2. The summed E-state index contributed by atoms with van der Waals surface area (Å²) in [5.41, 5.74) is 4.65. The van der Waals surface area contributed by atoms with Crippen molar-refractivity contribution in [3.63, 3.8) is 0 Å². The second-order valence-electron chi connectivity index (χ2n) is 7.73. The number of likely N-dealkylation sites (tertiary alicyclic amines) is 1. The molecule has 1 saturated heterocycles. The van der Waals surface area contributed by atoms with Crippen molar-refractivity contribution in [2.45, 2.75) is 31.6 Å². The molecule has 0 spiro atoms. The summed E-state index contributed by atoms with van der Waals surface area (Å²) < 4.78 is 26.2. The largest absolute Gasteiger partial charge is 1.00 e. The number of hydrogen-bond acceptors (Lipinski definition) is 3. The van der Waals surface area contributed by atoms with Crippen LogP contribution in [0.5, 0.6) is 0 Å². The minimum absolute atomic E-state index is 0. The van der Waals surface area contributed by atoms with Crippen LogP contribution >= 0.6 is 0 Å². The summed E-state index contributed by atoms with van der Waals surface area (Å²) in [7, 11) is 1.92. The molecule has 6 heteroatoms. The first-order valence-electron chi connectivity index (χ1n) is 9.78. The van der Waals surface area contributed by atoms with Crippen molar-refractivity contribution < 1.29 is 48.2 Å². The fourth-order valence-corrected chi connectivity index (χ4v) is 4.15. The van der Waals surface area contributed by atoms with E-state index in [1.807, 2.05) is 30.1 Å². The second-order valence-corrected chi connectivity index (χ2v) is 7.73. The zero-order valence-electron chi connectivity index (χ0n) is 17.2. The quantitative estimate of drug-likeness (QED) is 0.676. The molecule has 0 N–H and O–H groups in total. The summed E-state index contributed by atoms with van der Waals surface area (Å²) in [6, 6.07) is 13.2. The number of aliphatic carboxylic acids is 1. The molecular formula is C23H26F2NNaO2. The standard InChI is InChI=1S/C17H16F2.C6H11NO2.Na/c18-8-7-14-10-15-11-16(19)6-5-12(15)9-13-3-1-2-4-17(13)14;1-7-3-2-5(4-7)6(8)9;/h1-6,11,14H,7-10H2;5H,2-4H2,1H3,(H,8,9);/q;;+1/p-1/t14-;;/m0../s1. The number of benzene rings is 2. The molecule has 3 nitrogen and oxygen atoms in total. The number of halogens is 2. The number of carboxylic acid groups (broad SMARTS) is 1. The maximum Gasteiger partial charge on any atom is 1.00 e. The normalized spacial score (nSPS) is 20.4. The van der Waals surface area contributed by atoms with Gasteiger partial charge in [-0.15, -0.1) is 0 Å². The molecule has 0 saturated carbocycles. The van der Waals surface area contributed by atoms with Crippen molar-refractivity contribution >= 4 is 5.97 Å². The maximum absolute atomic E-state index is 13.4. The Morgan fingerprint density at radius 3 is 2.55 bits per heavy atom. The van der Waals surface area contributed by atoms with Crippen molar-refractivity contribution in [3.05, 3.63) is 70.5 Å². The number of nitrogens with zero attached hydrogens (tertiary/aromatic N) is 1. The molecule has 0 bridgehead atoms.